The number of nitrogens with zero attached hydrogens (tertiary/aromatic N) is 4. The van der Waals surface area contributed by atoms with Crippen LogP contribution in [0.25, 0.3) is 5.95 Å². The van der Waals surface area contributed by atoms with Crippen LogP contribution < -0.4 is 10.9 Å². The van der Waals surface area contributed by atoms with Gasteiger partial charge in [-0.1, -0.05) is 29.8 Å². The Kier molecular flexibility index (Phi) is 5.24. The smallest absolute Gasteiger partial charge is 0.258 e. The Morgan fingerprint density at radius 3 is 2.76 bits per heavy atom. The number of carbonyl (C=O) groups is 1. The Morgan fingerprint density at radius 2 is 2.03 bits per heavy atom. The van der Waals surface area contributed by atoms with E-state index in [0.29, 0.717) is 29.5 Å². The summed E-state index contributed by atoms with van der Waals surface area (Å²) in [5.41, 5.74) is 3.85. The van der Waals surface area contributed by atoms with Crippen molar-refractivity contribution in [2.75, 3.05) is 0 Å². The summed E-state index contributed by atoms with van der Waals surface area (Å²) in [6.45, 7) is 3.95. The first-order chi connectivity index (χ1) is 13.9. The molecule has 0 fully saturated rings. The van der Waals surface area contributed by atoms with Crippen molar-refractivity contribution in [1.82, 2.24) is 24.6 Å². The second-order valence-corrected chi connectivity index (χ2v) is 7.70. The zero-order valence-electron chi connectivity index (χ0n) is 16.4. The zero-order valence-corrected chi connectivity index (χ0v) is 17.2. The molecule has 4 rings (SSSR count). The van der Waals surface area contributed by atoms with Gasteiger partial charge in [-0.2, -0.15) is 5.10 Å². The lowest BCUT2D eigenvalue weighted by Crippen LogP contribution is -2.36. The fourth-order valence-electron chi connectivity index (χ4n) is 3.69. The lowest BCUT2D eigenvalue weighted by Gasteiger charge is -2.15. The highest BCUT2D eigenvalue weighted by Crippen LogP contribution is 2.19. The number of hydrogen-bond acceptors (Lipinski definition) is 4. The average molecular weight is 412 g/mol. The number of aromatic nitrogens is 4. The van der Waals surface area contributed by atoms with Crippen molar-refractivity contribution in [1.29, 1.82) is 0 Å². The van der Waals surface area contributed by atoms with Crippen LogP contribution in [0.4, 0.5) is 0 Å². The number of halogens is 1. The summed E-state index contributed by atoms with van der Waals surface area (Å²) in [5, 5.41) is 7.90. The van der Waals surface area contributed by atoms with Crippen molar-refractivity contribution in [3.8, 4) is 5.95 Å². The molecular weight excluding hydrogens is 390 g/mol. The standard InChI is InChI=1S/C21H22ClN5O2/c1-13-10-14(2)27(25-13)21-24-18-9-5-7-16(18)20(29)26(21)12-19(28)23-11-15-6-3-4-8-17(15)22/h3-4,6,8,10H,5,7,9,11-12H2,1-2H3,(H,23,28). The molecule has 0 saturated carbocycles. The van der Waals surface area contributed by atoms with Crippen LogP contribution >= 0.6 is 11.6 Å². The molecule has 7 nitrogen and oxygen atoms in total. The SMILES string of the molecule is Cc1cc(C)n(-c2nc3c(c(=O)n2CC(=O)NCc2ccccc2Cl)CCC3)n1. The van der Waals surface area contributed by atoms with Crippen LogP contribution in [0.5, 0.6) is 0 Å². The van der Waals surface area contributed by atoms with Gasteiger partial charge in [-0.05, 0) is 50.8 Å². The molecule has 8 heteroatoms. The molecule has 1 aliphatic carbocycles. The Hall–Kier alpha value is -2.93. The average Bonchev–Trinajstić information content (AvgIpc) is 3.29. The first-order valence-corrected chi connectivity index (χ1v) is 9.98. The zero-order chi connectivity index (χ0) is 20.5. The molecule has 0 radical (unpaired) electrons. The maximum Gasteiger partial charge on any atom is 0.258 e. The van der Waals surface area contributed by atoms with Crippen molar-refractivity contribution in [2.24, 2.45) is 0 Å². The van der Waals surface area contributed by atoms with Gasteiger partial charge >= 0.3 is 0 Å². The second-order valence-electron chi connectivity index (χ2n) is 7.29. The number of carbonyl (C=O) groups excluding carboxylic acids is 1. The molecule has 0 bridgehead atoms. The third kappa shape index (κ3) is 3.82. The van der Waals surface area contributed by atoms with E-state index in [2.05, 4.69) is 10.4 Å². The number of nitrogens with one attached hydrogen (secondary N) is 1. The minimum atomic E-state index is -0.283. The van der Waals surface area contributed by atoms with Gasteiger partial charge in [0.2, 0.25) is 11.9 Å². The maximum atomic E-state index is 13.1. The number of fused-ring (bicyclic) bond motifs is 1. The molecule has 29 heavy (non-hydrogen) atoms. The van der Waals surface area contributed by atoms with Gasteiger partial charge < -0.3 is 5.32 Å². The van der Waals surface area contributed by atoms with Gasteiger partial charge in [0.25, 0.3) is 5.56 Å². The van der Waals surface area contributed by atoms with E-state index < -0.39 is 0 Å². The van der Waals surface area contributed by atoms with Crippen molar-refractivity contribution in [3.63, 3.8) is 0 Å². The summed E-state index contributed by atoms with van der Waals surface area (Å²) in [7, 11) is 0. The van der Waals surface area contributed by atoms with Crippen LogP contribution in [0.3, 0.4) is 0 Å². The van der Waals surface area contributed by atoms with Crippen molar-refractivity contribution < 1.29 is 4.79 Å². The highest BCUT2D eigenvalue weighted by molar-refractivity contribution is 6.31. The normalized spacial score (nSPS) is 12.8. The minimum Gasteiger partial charge on any atom is -0.350 e. The maximum absolute atomic E-state index is 13.1. The van der Waals surface area contributed by atoms with Gasteiger partial charge in [-0.3, -0.25) is 14.2 Å². The molecule has 2 aromatic heterocycles. The highest BCUT2D eigenvalue weighted by atomic mass is 35.5. The second kappa shape index (κ2) is 7.83. The van der Waals surface area contributed by atoms with Crippen LogP contribution in [0.2, 0.25) is 5.02 Å². The van der Waals surface area contributed by atoms with Crippen LogP contribution in [0.1, 0.15) is 34.6 Å². The topological polar surface area (TPSA) is 81.8 Å². The molecule has 1 amide bonds. The predicted molar refractivity (Wildman–Crippen MR) is 110 cm³/mol. The fraction of sp³-hybridized carbons (Fsp3) is 0.333. The molecule has 0 saturated heterocycles. The van der Waals surface area contributed by atoms with Crippen LogP contribution in [0.15, 0.2) is 35.1 Å². The van der Waals surface area contributed by atoms with Crippen LogP contribution in [-0.2, 0) is 30.7 Å². The van der Waals surface area contributed by atoms with Gasteiger partial charge in [0.1, 0.15) is 6.54 Å². The van der Waals surface area contributed by atoms with E-state index in [1.54, 1.807) is 10.7 Å². The predicted octanol–water partition coefficient (Wildman–Crippen LogP) is 2.50. The van der Waals surface area contributed by atoms with E-state index in [4.69, 9.17) is 16.6 Å². The largest absolute Gasteiger partial charge is 0.350 e. The number of amides is 1. The van der Waals surface area contributed by atoms with Crippen LogP contribution in [0, 0.1) is 13.8 Å². The lowest BCUT2D eigenvalue weighted by atomic mass is 10.2. The fourth-order valence-corrected chi connectivity index (χ4v) is 3.89. The summed E-state index contributed by atoms with van der Waals surface area (Å²) in [4.78, 5) is 30.5. The van der Waals surface area contributed by atoms with E-state index in [0.717, 1.165) is 35.5 Å². The van der Waals surface area contributed by atoms with Crippen molar-refractivity contribution in [2.45, 2.75) is 46.2 Å². The van der Waals surface area contributed by atoms with E-state index in [-0.39, 0.29) is 18.0 Å². The summed E-state index contributed by atoms with van der Waals surface area (Å²) in [6, 6.07) is 9.25. The third-order valence-corrected chi connectivity index (χ3v) is 5.47. The molecule has 3 aromatic rings. The molecular formula is C21H22ClN5O2. The summed E-state index contributed by atoms with van der Waals surface area (Å²) < 4.78 is 3.06. The Bertz CT molecular complexity index is 1150. The van der Waals surface area contributed by atoms with E-state index in [1.165, 1.54) is 4.57 Å². The van der Waals surface area contributed by atoms with Gasteiger partial charge in [-0.25, -0.2) is 9.67 Å². The molecule has 0 spiro atoms. The van der Waals surface area contributed by atoms with E-state index in [1.807, 2.05) is 38.1 Å². The van der Waals surface area contributed by atoms with Crippen molar-refractivity contribution in [3.05, 3.63) is 73.9 Å². The first kappa shape index (κ1) is 19.4. The summed E-state index contributed by atoms with van der Waals surface area (Å²) in [6.07, 6.45) is 2.37. The van der Waals surface area contributed by atoms with Crippen LogP contribution in [-0.4, -0.2) is 25.2 Å². The highest BCUT2D eigenvalue weighted by Gasteiger charge is 2.23. The molecule has 0 aliphatic heterocycles. The Labute approximate surface area is 173 Å². The first-order valence-electron chi connectivity index (χ1n) is 9.60. The Morgan fingerprint density at radius 1 is 1.24 bits per heavy atom. The minimum absolute atomic E-state index is 0.128. The van der Waals surface area contributed by atoms with Gasteiger partial charge in [0, 0.05) is 22.8 Å². The summed E-state index contributed by atoms with van der Waals surface area (Å²) >= 11 is 6.15. The number of benzene rings is 1. The molecule has 0 atom stereocenters. The van der Waals surface area contributed by atoms with E-state index >= 15 is 0 Å². The molecule has 1 N–H and O–H groups in total. The molecule has 2 heterocycles. The number of aryl methyl sites for hydroxylation is 3. The number of hydrogen-bond donors (Lipinski definition) is 1. The summed E-state index contributed by atoms with van der Waals surface area (Å²) in [5.74, 6) is 0.101. The quantitative estimate of drug-likeness (QED) is 0.699. The molecule has 1 aromatic carbocycles. The van der Waals surface area contributed by atoms with Gasteiger partial charge in [0.15, 0.2) is 0 Å². The lowest BCUT2D eigenvalue weighted by molar-refractivity contribution is -0.121. The van der Waals surface area contributed by atoms with Crippen molar-refractivity contribution >= 4 is 17.5 Å². The third-order valence-electron chi connectivity index (χ3n) is 5.10. The molecule has 1 aliphatic rings. The Balaban J connectivity index is 1.65. The van der Waals surface area contributed by atoms with E-state index in [9.17, 15) is 9.59 Å². The van der Waals surface area contributed by atoms with Gasteiger partial charge in [0.05, 0.1) is 11.4 Å². The van der Waals surface area contributed by atoms with Gasteiger partial charge in [-0.15, -0.1) is 0 Å². The molecule has 150 valence electrons. The monoisotopic (exact) mass is 411 g/mol. The molecule has 0 unspecified atom stereocenters. The number of rotatable bonds is 5.